The standard InChI is InChI=1S/C10H14.Na.H/c1-3-9-7-5-6-8-10(9)4-2;;/h5-8H,3-4H2,1-2H3;;/q;+1;-1. The van der Waals surface area contributed by atoms with Gasteiger partial charge in [-0.2, -0.15) is 0 Å². The third-order valence-corrected chi connectivity index (χ3v) is 1.88. The first-order chi connectivity index (χ1) is 4.88. The predicted octanol–water partition coefficient (Wildman–Crippen LogP) is -0.0721. The maximum Gasteiger partial charge on any atom is 1.00 e. The number of benzene rings is 1. The van der Waals surface area contributed by atoms with Crippen molar-refractivity contribution in [2.75, 3.05) is 0 Å². The second kappa shape index (κ2) is 5.82. The van der Waals surface area contributed by atoms with E-state index in [1.54, 1.807) is 0 Å². The maximum atomic E-state index is 2.21. The molecule has 1 aromatic rings. The molecule has 1 rings (SSSR count). The summed E-state index contributed by atoms with van der Waals surface area (Å²) in [5.41, 5.74) is 2.98. The van der Waals surface area contributed by atoms with Gasteiger partial charge in [0.15, 0.2) is 0 Å². The van der Waals surface area contributed by atoms with Crippen LogP contribution in [0.1, 0.15) is 26.4 Å². The molecule has 56 valence electrons. The van der Waals surface area contributed by atoms with Crippen LogP contribution in [0.5, 0.6) is 0 Å². The number of rotatable bonds is 2. The first-order valence-electron chi connectivity index (χ1n) is 3.95. The van der Waals surface area contributed by atoms with Gasteiger partial charge in [0.2, 0.25) is 0 Å². The molecule has 0 atom stereocenters. The Hall–Kier alpha value is 0.220. The largest absolute Gasteiger partial charge is 1.00 e. The van der Waals surface area contributed by atoms with E-state index in [1.165, 1.54) is 11.1 Å². The Morgan fingerprint density at radius 1 is 1.00 bits per heavy atom. The van der Waals surface area contributed by atoms with Gasteiger partial charge in [-0.25, -0.2) is 0 Å². The quantitative estimate of drug-likeness (QED) is 0.528. The van der Waals surface area contributed by atoms with Crippen molar-refractivity contribution >= 4 is 0 Å². The van der Waals surface area contributed by atoms with Gasteiger partial charge >= 0.3 is 29.6 Å². The number of hydrogen-bond donors (Lipinski definition) is 0. The zero-order valence-corrected chi connectivity index (χ0v) is 9.72. The van der Waals surface area contributed by atoms with Crippen LogP contribution in [0, 0.1) is 0 Å². The van der Waals surface area contributed by atoms with E-state index in [0.29, 0.717) is 0 Å². The molecule has 0 aliphatic heterocycles. The molecule has 0 aliphatic carbocycles. The fourth-order valence-corrected chi connectivity index (χ4v) is 1.25. The fourth-order valence-electron chi connectivity index (χ4n) is 1.25. The summed E-state index contributed by atoms with van der Waals surface area (Å²) >= 11 is 0. The van der Waals surface area contributed by atoms with Crippen LogP contribution in [0.2, 0.25) is 0 Å². The molecule has 1 aromatic carbocycles. The molecule has 11 heavy (non-hydrogen) atoms. The zero-order chi connectivity index (χ0) is 7.40. The monoisotopic (exact) mass is 158 g/mol. The van der Waals surface area contributed by atoms with Crippen LogP contribution in [0.15, 0.2) is 24.3 Å². The summed E-state index contributed by atoms with van der Waals surface area (Å²) in [7, 11) is 0. The van der Waals surface area contributed by atoms with E-state index in [1.807, 2.05) is 0 Å². The van der Waals surface area contributed by atoms with Crippen molar-refractivity contribution in [2.24, 2.45) is 0 Å². The molecule has 0 bridgehead atoms. The molecule has 0 aromatic heterocycles. The summed E-state index contributed by atoms with van der Waals surface area (Å²) in [6.07, 6.45) is 2.31. The minimum absolute atomic E-state index is 0. The van der Waals surface area contributed by atoms with Gasteiger partial charge in [-0.05, 0) is 24.0 Å². The third kappa shape index (κ3) is 2.98. The predicted molar refractivity (Wildman–Crippen MR) is 46.3 cm³/mol. The Kier molecular flexibility index (Phi) is 5.93. The molecule has 1 heteroatoms. The van der Waals surface area contributed by atoms with Crippen LogP contribution in [0.3, 0.4) is 0 Å². The maximum absolute atomic E-state index is 2.21. The molecule has 0 radical (unpaired) electrons. The Labute approximate surface area is 92.8 Å². The van der Waals surface area contributed by atoms with Crippen molar-refractivity contribution in [1.82, 2.24) is 0 Å². The first kappa shape index (κ1) is 11.2. The summed E-state index contributed by atoms with van der Waals surface area (Å²) in [4.78, 5) is 0. The average molecular weight is 158 g/mol. The van der Waals surface area contributed by atoms with E-state index in [2.05, 4.69) is 38.1 Å². The van der Waals surface area contributed by atoms with Gasteiger partial charge in [0.1, 0.15) is 0 Å². The third-order valence-electron chi connectivity index (χ3n) is 1.88. The Balaban J connectivity index is 0. The molecule has 0 amide bonds. The van der Waals surface area contributed by atoms with Gasteiger partial charge in [0, 0.05) is 0 Å². The van der Waals surface area contributed by atoms with Crippen LogP contribution >= 0.6 is 0 Å². The van der Waals surface area contributed by atoms with Crippen molar-refractivity contribution in [3.63, 3.8) is 0 Å². The molecule has 0 saturated carbocycles. The zero-order valence-electron chi connectivity index (χ0n) is 8.72. The van der Waals surface area contributed by atoms with E-state index in [0.717, 1.165) is 12.8 Å². The molecule has 0 spiro atoms. The second-order valence-corrected chi connectivity index (χ2v) is 2.48. The topological polar surface area (TPSA) is 0 Å². The Bertz CT molecular complexity index is 188. The van der Waals surface area contributed by atoms with Crippen LogP contribution in [-0.4, -0.2) is 0 Å². The van der Waals surface area contributed by atoms with Gasteiger partial charge in [0.25, 0.3) is 0 Å². The minimum Gasteiger partial charge on any atom is -1.00 e. The van der Waals surface area contributed by atoms with Crippen LogP contribution in [0.4, 0.5) is 0 Å². The summed E-state index contributed by atoms with van der Waals surface area (Å²) in [5.74, 6) is 0. The van der Waals surface area contributed by atoms with E-state index < -0.39 is 0 Å². The summed E-state index contributed by atoms with van der Waals surface area (Å²) < 4.78 is 0. The summed E-state index contributed by atoms with van der Waals surface area (Å²) in [6.45, 7) is 4.41. The number of aryl methyl sites for hydroxylation is 2. The molecule has 0 aliphatic rings. The number of hydrogen-bond acceptors (Lipinski definition) is 0. The van der Waals surface area contributed by atoms with Crippen molar-refractivity contribution in [2.45, 2.75) is 26.7 Å². The Morgan fingerprint density at radius 2 is 1.36 bits per heavy atom. The van der Waals surface area contributed by atoms with Gasteiger partial charge < -0.3 is 1.43 Å². The molecule has 0 nitrogen and oxygen atoms in total. The minimum atomic E-state index is 0. The molecule has 0 saturated heterocycles. The molecule has 0 fully saturated rings. The van der Waals surface area contributed by atoms with Crippen LogP contribution in [0.25, 0.3) is 0 Å². The van der Waals surface area contributed by atoms with Crippen molar-refractivity contribution in [1.29, 1.82) is 0 Å². The van der Waals surface area contributed by atoms with Gasteiger partial charge in [-0.3, -0.25) is 0 Å². The molecular weight excluding hydrogens is 143 g/mol. The Morgan fingerprint density at radius 3 is 1.64 bits per heavy atom. The van der Waals surface area contributed by atoms with Crippen molar-refractivity contribution in [3.8, 4) is 0 Å². The van der Waals surface area contributed by atoms with Crippen molar-refractivity contribution in [3.05, 3.63) is 35.4 Å². The van der Waals surface area contributed by atoms with Crippen LogP contribution < -0.4 is 29.6 Å². The molecule has 0 N–H and O–H groups in total. The fraction of sp³-hybridized carbons (Fsp3) is 0.400. The second-order valence-electron chi connectivity index (χ2n) is 2.48. The normalized spacial score (nSPS) is 8.91. The van der Waals surface area contributed by atoms with Gasteiger partial charge in [-0.15, -0.1) is 0 Å². The van der Waals surface area contributed by atoms with E-state index >= 15 is 0 Å². The average Bonchev–Trinajstić information content (AvgIpc) is 2.04. The van der Waals surface area contributed by atoms with Gasteiger partial charge in [0.05, 0.1) is 0 Å². The first-order valence-corrected chi connectivity index (χ1v) is 3.95. The smallest absolute Gasteiger partial charge is 1.00 e. The SMILES string of the molecule is CCc1ccccc1CC.[H-].[Na+]. The summed E-state index contributed by atoms with van der Waals surface area (Å²) in [6, 6.07) is 8.63. The molecule has 0 unspecified atom stereocenters. The molecule has 0 heterocycles. The van der Waals surface area contributed by atoms with Crippen LogP contribution in [-0.2, 0) is 12.8 Å². The van der Waals surface area contributed by atoms with E-state index in [9.17, 15) is 0 Å². The molecular formula is C10H15Na. The van der Waals surface area contributed by atoms with E-state index in [4.69, 9.17) is 0 Å². The van der Waals surface area contributed by atoms with E-state index in [-0.39, 0.29) is 31.0 Å². The van der Waals surface area contributed by atoms with Gasteiger partial charge in [-0.1, -0.05) is 38.1 Å². The summed E-state index contributed by atoms with van der Waals surface area (Å²) in [5, 5.41) is 0. The van der Waals surface area contributed by atoms with Crippen molar-refractivity contribution < 1.29 is 31.0 Å².